The van der Waals surface area contributed by atoms with Gasteiger partial charge in [0.1, 0.15) is 5.76 Å². The van der Waals surface area contributed by atoms with Gasteiger partial charge in [0, 0.05) is 12.8 Å². The molecule has 1 rings (SSSR count). The van der Waals surface area contributed by atoms with E-state index in [-0.39, 0.29) is 5.97 Å². The summed E-state index contributed by atoms with van der Waals surface area (Å²) in [7, 11) is 0. The van der Waals surface area contributed by atoms with Crippen LogP contribution in [0.15, 0.2) is 11.8 Å². The molecule has 0 fully saturated rings. The van der Waals surface area contributed by atoms with E-state index in [1.165, 1.54) is 0 Å². The number of esters is 1. The van der Waals surface area contributed by atoms with Crippen LogP contribution in [-0.4, -0.2) is 5.97 Å². The smallest absolute Gasteiger partial charge is 0.311 e. The zero-order valence-electron chi connectivity index (χ0n) is 7.09. The van der Waals surface area contributed by atoms with Crippen LogP contribution in [0.5, 0.6) is 0 Å². The minimum Gasteiger partial charge on any atom is -0.431 e. The lowest BCUT2D eigenvalue weighted by Gasteiger charge is -2.14. The summed E-state index contributed by atoms with van der Waals surface area (Å²) in [6.07, 6.45) is 4.48. The summed E-state index contributed by atoms with van der Waals surface area (Å²) < 4.78 is 5.02. The molecule has 11 heavy (non-hydrogen) atoms. The van der Waals surface area contributed by atoms with Crippen molar-refractivity contribution < 1.29 is 9.53 Å². The predicted molar refractivity (Wildman–Crippen MR) is 42.9 cm³/mol. The van der Waals surface area contributed by atoms with Crippen LogP contribution in [0.25, 0.3) is 0 Å². The molecule has 1 aliphatic rings. The molecule has 2 nitrogen and oxygen atoms in total. The lowest BCUT2D eigenvalue weighted by Crippen LogP contribution is -2.10. The maximum Gasteiger partial charge on any atom is 0.311 e. The van der Waals surface area contributed by atoms with E-state index in [4.69, 9.17) is 4.74 Å². The van der Waals surface area contributed by atoms with E-state index in [9.17, 15) is 4.79 Å². The van der Waals surface area contributed by atoms with E-state index in [0.29, 0.717) is 12.3 Å². The summed E-state index contributed by atoms with van der Waals surface area (Å²) in [6, 6.07) is 0. The minimum atomic E-state index is -0.0917. The number of carbonyl (C=O) groups excluding carboxylic acids is 1. The van der Waals surface area contributed by atoms with Crippen LogP contribution in [0.4, 0.5) is 0 Å². The van der Waals surface area contributed by atoms with Crippen molar-refractivity contribution in [3.05, 3.63) is 11.8 Å². The number of ether oxygens (including phenoxy) is 1. The molecule has 0 aliphatic heterocycles. The highest BCUT2D eigenvalue weighted by molar-refractivity contribution is 5.70. The molecule has 0 saturated heterocycles. The van der Waals surface area contributed by atoms with Crippen molar-refractivity contribution in [2.75, 3.05) is 0 Å². The van der Waals surface area contributed by atoms with E-state index in [0.717, 1.165) is 18.6 Å². The van der Waals surface area contributed by atoms with Gasteiger partial charge in [-0.3, -0.25) is 4.79 Å². The van der Waals surface area contributed by atoms with Gasteiger partial charge in [-0.2, -0.15) is 0 Å². The first kappa shape index (κ1) is 8.31. The van der Waals surface area contributed by atoms with Crippen molar-refractivity contribution in [2.24, 2.45) is 5.92 Å². The van der Waals surface area contributed by atoms with Crippen molar-refractivity contribution >= 4 is 5.97 Å². The van der Waals surface area contributed by atoms with E-state index in [1.807, 2.05) is 19.9 Å². The Bertz CT molecular complexity index is 180. The van der Waals surface area contributed by atoms with Crippen LogP contribution in [0.3, 0.4) is 0 Å². The molecule has 0 N–H and O–H groups in total. The fourth-order valence-electron chi connectivity index (χ4n) is 0.876. The molecule has 0 aromatic heterocycles. The van der Waals surface area contributed by atoms with E-state index < -0.39 is 0 Å². The quantitative estimate of drug-likeness (QED) is 0.583. The monoisotopic (exact) mass is 154 g/mol. The van der Waals surface area contributed by atoms with E-state index in [2.05, 4.69) is 0 Å². The van der Waals surface area contributed by atoms with Crippen LogP contribution in [0, 0.1) is 5.92 Å². The largest absolute Gasteiger partial charge is 0.431 e. The summed E-state index contributed by atoms with van der Waals surface area (Å²) in [4.78, 5) is 11.0. The fraction of sp³-hybridized carbons (Fsp3) is 0.667. The van der Waals surface area contributed by atoms with Crippen molar-refractivity contribution in [3.63, 3.8) is 0 Å². The first-order chi connectivity index (χ1) is 5.18. The molecule has 0 aromatic carbocycles. The highest BCUT2D eigenvalue weighted by Crippen LogP contribution is 2.19. The van der Waals surface area contributed by atoms with Gasteiger partial charge in [0.2, 0.25) is 0 Å². The van der Waals surface area contributed by atoms with Gasteiger partial charge in [-0.05, 0) is 18.4 Å². The van der Waals surface area contributed by atoms with Crippen molar-refractivity contribution in [1.82, 2.24) is 0 Å². The number of allylic oxidation sites excluding steroid dienone is 2. The second-order valence-electron chi connectivity index (χ2n) is 3.28. The van der Waals surface area contributed by atoms with Crippen molar-refractivity contribution in [1.29, 1.82) is 0 Å². The molecular weight excluding hydrogens is 140 g/mol. The van der Waals surface area contributed by atoms with Gasteiger partial charge in [-0.1, -0.05) is 13.8 Å². The van der Waals surface area contributed by atoms with Gasteiger partial charge < -0.3 is 4.74 Å². The maximum atomic E-state index is 11.0. The van der Waals surface area contributed by atoms with E-state index in [1.54, 1.807) is 0 Å². The summed E-state index contributed by atoms with van der Waals surface area (Å²) in [6.45, 7) is 4.02. The molecule has 0 aromatic rings. The highest BCUT2D eigenvalue weighted by atomic mass is 16.5. The van der Waals surface area contributed by atoms with Crippen molar-refractivity contribution in [2.45, 2.75) is 33.1 Å². The van der Waals surface area contributed by atoms with Crippen LogP contribution in [-0.2, 0) is 9.53 Å². The molecule has 0 radical (unpaired) electrons. The third kappa shape index (κ3) is 2.74. The second kappa shape index (κ2) is 3.56. The summed E-state index contributed by atoms with van der Waals surface area (Å²) in [5.41, 5.74) is 0. The van der Waals surface area contributed by atoms with Crippen LogP contribution in [0.1, 0.15) is 33.1 Å². The number of rotatable bonds is 3. The Morgan fingerprint density at radius 1 is 1.73 bits per heavy atom. The van der Waals surface area contributed by atoms with Crippen LogP contribution in [0.2, 0.25) is 0 Å². The highest BCUT2D eigenvalue weighted by Gasteiger charge is 2.12. The van der Waals surface area contributed by atoms with Gasteiger partial charge >= 0.3 is 5.97 Å². The normalized spacial score (nSPS) is 15.7. The Kier molecular flexibility index (Phi) is 2.69. The van der Waals surface area contributed by atoms with Crippen LogP contribution < -0.4 is 0 Å². The van der Waals surface area contributed by atoms with Crippen molar-refractivity contribution in [3.8, 4) is 0 Å². The maximum absolute atomic E-state index is 11.0. The summed E-state index contributed by atoms with van der Waals surface area (Å²) >= 11 is 0. The second-order valence-corrected chi connectivity index (χ2v) is 3.28. The molecular formula is C9H14O2. The Labute approximate surface area is 67.2 Å². The lowest BCUT2D eigenvalue weighted by atomic mass is 10.1. The molecule has 62 valence electrons. The van der Waals surface area contributed by atoms with Gasteiger partial charge in [0.25, 0.3) is 0 Å². The third-order valence-electron chi connectivity index (χ3n) is 1.58. The molecule has 0 bridgehead atoms. The lowest BCUT2D eigenvalue weighted by molar-refractivity contribution is -0.140. The van der Waals surface area contributed by atoms with Gasteiger partial charge in [0.15, 0.2) is 0 Å². The molecule has 0 heterocycles. The van der Waals surface area contributed by atoms with Gasteiger partial charge in [-0.25, -0.2) is 0 Å². The summed E-state index contributed by atoms with van der Waals surface area (Å²) in [5.74, 6) is 1.16. The molecule has 0 atom stereocenters. The third-order valence-corrected chi connectivity index (χ3v) is 1.58. The molecule has 0 saturated carbocycles. The number of hydrogen-bond acceptors (Lipinski definition) is 2. The first-order valence-corrected chi connectivity index (χ1v) is 4.08. The zero-order chi connectivity index (χ0) is 8.27. The Morgan fingerprint density at radius 2 is 2.36 bits per heavy atom. The number of hydrogen-bond donors (Lipinski definition) is 0. The molecule has 0 amide bonds. The summed E-state index contributed by atoms with van der Waals surface area (Å²) in [5, 5.41) is 0. The zero-order valence-corrected chi connectivity index (χ0v) is 7.09. The Hall–Kier alpha value is -0.790. The fourth-order valence-corrected chi connectivity index (χ4v) is 0.876. The molecule has 0 unspecified atom stereocenters. The SMILES string of the molecule is CC(C)CC(=O)OC1=CCC1. The average molecular weight is 154 g/mol. The Balaban J connectivity index is 2.20. The molecule has 0 spiro atoms. The standard InChI is InChI=1S/C9H14O2/c1-7(2)6-9(10)11-8-4-3-5-8/h4,7H,3,5-6H2,1-2H3. The van der Waals surface area contributed by atoms with Gasteiger partial charge in [0.05, 0.1) is 0 Å². The molecule has 2 heteroatoms. The number of carbonyl (C=O) groups is 1. The van der Waals surface area contributed by atoms with Crippen LogP contribution >= 0.6 is 0 Å². The van der Waals surface area contributed by atoms with E-state index >= 15 is 0 Å². The topological polar surface area (TPSA) is 26.3 Å². The Morgan fingerprint density at radius 3 is 2.73 bits per heavy atom. The van der Waals surface area contributed by atoms with Gasteiger partial charge in [-0.15, -0.1) is 0 Å². The first-order valence-electron chi connectivity index (χ1n) is 4.08. The predicted octanol–water partition coefficient (Wildman–Crippen LogP) is 2.25. The average Bonchev–Trinajstić information content (AvgIpc) is 1.77. The molecule has 1 aliphatic carbocycles. The minimum absolute atomic E-state index is 0.0917.